The maximum absolute atomic E-state index is 12.0. The first-order chi connectivity index (χ1) is 8.05. The normalized spacial score (nSPS) is 19.3. The molecule has 1 unspecified atom stereocenters. The Morgan fingerprint density at radius 3 is 2.47 bits per heavy atom. The Balaban J connectivity index is 2.69. The molecule has 0 bridgehead atoms. The first-order valence-electron chi connectivity index (χ1n) is 6.01. The number of nitriles is 1. The second-order valence-corrected chi connectivity index (χ2v) is 4.55. The molecule has 1 amide bonds. The highest BCUT2D eigenvalue weighted by Gasteiger charge is 2.42. The minimum atomic E-state index is -1.04. The summed E-state index contributed by atoms with van der Waals surface area (Å²) >= 11 is 0. The number of carbonyl (C=O) groups excluding carboxylic acids is 1. The summed E-state index contributed by atoms with van der Waals surface area (Å²) < 4.78 is 0. The molecule has 0 heterocycles. The number of hydrogen-bond acceptors (Lipinski definition) is 3. The predicted molar refractivity (Wildman–Crippen MR) is 61.0 cm³/mol. The van der Waals surface area contributed by atoms with Crippen molar-refractivity contribution in [3.05, 3.63) is 0 Å². The summed E-state index contributed by atoms with van der Waals surface area (Å²) in [4.78, 5) is 22.9. The number of amides is 1. The van der Waals surface area contributed by atoms with Gasteiger partial charge in [0, 0.05) is 0 Å². The number of carboxylic acids is 1. The molecule has 1 saturated carbocycles. The summed E-state index contributed by atoms with van der Waals surface area (Å²) in [6.45, 7) is 1.86. The molecule has 2 N–H and O–H groups in total. The number of nitrogens with zero attached hydrogens (tertiary/aromatic N) is 1. The van der Waals surface area contributed by atoms with Gasteiger partial charge in [0.2, 0.25) is 5.91 Å². The van der Waals surface area contributed by atoms with Crippen molar-refractivity contribution < 1.29 is 14.7 Å². The van der Waals surface area contributed by atoms with Gasteiger partial charge in [-0.1, -0.05) is 26.2 Å². The summed E-state index contributed by atoms with van der Waals surface area (Å²) in [6, 6.07) is 1.18. The fourth-order valence-corrected chi connectivity index (χ4v) is 2.21. The summed E-state index contributed by atoms with van der Waals surface area (Å²) in [6.07, 6.45) is 3.85. The zero-order valence-corrected chi connectivity index (χ0v) is 10.0. The number of carbonyl (C=O) groups is 2. The number of carboxylic acid groups (broad SMARTS) is 1. The zero-order valence-electron chi connectivity index (χ0n) is 10.0. The Labute approximate surface area is 101 Å². The van der Waals surface area contributed by atoms with E-state index in [0.29, 0.717) is 25.7 Å². The van der Waals surface area contributed by atoms with Crippen molar-refractivity contribution in [3.8, 4) is 6.07 Å². The Kier molecular flexibility index (Phi) is 4.50. The van der Waals surface area contributed by atoms with Gasteiger partial charge in [-0.05, 0) is 19.3 Å². The smallest absolute Gasteiger partial charge is 0.326 e. The largest absolute Gasteiger partial charge is 0.480 e. The monoisotopic (exact) mass is 238 g/mol. The van der Waals surface area contributed by atoms with E-state index in [1.165, 1.54) is 0 Å². The van der Waals surface area contributed by atoms with Gasteiger partial charge >= 0.3 is 5.97 Å². The second-order valence-electron chi connectivity index (χ2n) is 4.55. The Bertz CT molecular complexity index is 340. The van der Waals surface area contributed by atoms with Gasteiger partial charge in [-0.2, -0.15) is 5.26 Å². The first-order valence-corrected chi connectivity index (χ1v) is 6.01. The minimum Gasteiger partial charge on any atom is -0.480 e. The van der Waals surface area contributed by atoms with Crippen molar-refractivity contribution in [3.63, 3.8) is 0 Å². The van der Waals surface area contributed by atoms with Crippen LogP contribution in [0.2, 0.25) is 0 Å². The minimum absolute atomic E-state index is 0.391. The van der Waals surface area contributed by atoms with Crippen LogP contribution in [0.4, 0.5) is 0 Å². The highest BCUT2D eigenvalue weighted by molar-refractivity contribution is 5.89. The van der Waals surface area contributed by atoms with E-state index in [0.717, 1.165) is 12.8 Å². The third-order valence-electron chi connectivity index (χ3n) is 3.29. The van der Waals surface area contributed by atoms with Gasteiger partial charge in [0.05, 0.1) is 6.07 Å². The third kappa shape index (κ3) is 2.96. The van der Waals surface area contributed by atoms with Crippen molar-refractivity contribution >= 4 is 11.9 Å². The van der Waals surface area contributed by atoms with Crippen LogP contribution in [0.25, 0.3) is 0 Å². The molecule has 1 aliphatic rings. The van der Waals surface area contributed by atoms with Crippen LogP contribution >= 0.6 is 0 Å². The summed E-state index contributed by atoms with van der Waals surface area (Å²) in [7, 11) is 0. The van der Waals surface area contributed by atoms with Gasteiger partial charge in [0.1, 0.15) is 11.5 Å². The van der Waals surface area contributed by atoms with E-state index in [1.807, 2.05) is 6.92 Å². The number of hydrogen-bond donors (Lipinski definition) is 2. The van der Waals surface area contributed by atoms with Crippen LogP contribution in [-0.2, 0) is 9.59 Å². The molecule has 1 rings (SSSR count). The molecular weight excluding hydrogens is 220 g/mol. The summed E-state index contributed by atoms with van der Waals surface area (Å²) in [5.74, 6) is -1.45. The lowest BCUT2D eigenvalue weighted by Gasteiger charge is -2.22. The van der Waals surface area contributed by atoms with Gasteiger partial charge in [-0.3, -0.25) is 4.79 Å². The van der Waals surface area contributed by atoms with Crippen molar-refractivity contribution in [2.24, 2.45) is 5.41 Å². The van der Waals surface area contributed by atoms with Gasteiger partial charge < -0.3 is 10.4 Å². The molecule has 0 aliphatic heterocycles. The molecule has 0 aromatic heterocycles. The lowest BCUT2D eigenvalue weighted by molar-refractivity contribution is -0.143. The Morgan fingerprint density at radius 1 is 1.47 bits per heavy atom. The lowest BCUT2D eigenvalue weighted by Crippen LogP contribution is -2.47. The maximum Gasteiger partial charge on any atom is 0.326 e. The van der Waals surface area contributed by atoms with Crippen molar-refractivity contribution in [2.45, 2.75) is 51.5 Å². The van der Waals surface area contributed by atoms with E-state index in [-0.39, 0.29) is 0 Å². The number of rotatable bonds is 5. The average Bonchev–Trinajstić information content (AvgIpc) is 2.78. The second kappa shape index (κ2) is 5.67. The van der Waals surface area contributed by atoms with Crippen LogP contribution in [0, 0.1) is 16.7 Å². The maximum atomic E-state index is 12.0. The van der Waals surface area contributed by atoms with E-state index in [2.05, 4.69) is 11.4 Å². The van der Waals surface area contributed by atoms with Crippen LogP contribution in [0.5, 0.6) is 0 Å². The fourth-order valence-electron chi connectivity index (χ4n) is 2.21. The molecule has 17 heavy (non-hydrogen) atoms. The summed E-state index contributed by atoms with van der Waals surface area (Å²) in [5.41, 5.74) is -0.999. The molecule has 1 aliphatic carbocycles. The SMILES string of the molecule is CCCC(NC(=O)C1(C#N)CCCC1)C(=O)O. The molecule has 0 spiro atoms. The van der Waals surface area contributed by atoms with Crippen LogP contribution in [0.1, 0.15) is 45.4 Å². The molecule has 1 fully saturated rings. The van der Waals surface area contributed by atoms with Crippen LogP contribution in [0.3, 0.4) is 0 Å². The van der Waals surface area contributed by atoms with E-state index < -0.39 is 23.3 Å². The molecule has 0 aromatic rings. The van der Waals surface area contributed by atoms with Crippen LogP contribution < -0.4 is 5.32 Å². The van der Waals surface area contributed by atoms with Crippen LogP contribution in [-0.4, -0.2) is 23.0 Å². The van der Waals surface area contributed by atoms with Crippen molar-refractivity contribution in [1.82, 2.24) is 5.32 Å². The quantitative estimate of drug-likeness (QED) is 0.758. The van der Waals surface area contributed by atoms with E-state index in [4.69, 9.17) is 10.4 Å². The number of nitrogens with one attached hydrogen (secondary N) is 1. The predicted octanol–water partition coefficient (Wildman–Crippen LogP) is 1.44. The van der Waals surface area contributed by atoms with Crippen molar-refractivity contribution in [2.75, 3.05) is 0 Å². The van der Waals surface area contributed by atoms with Crippen LogP contribution in [0.15, 0.2) is 0 Å². The van der Waals surface area contributed by atoms with E-state index >= 15 is 0 Å². The third-order valence-corrected chi connectivity index (χ3v) is 3.29. The lowest BCUT2D eigenvalue weighted by atomic mass is 9.86. The van der Waals surface area contributed by atoms with Crippen molar-refractivity contribution in [1.29, 1.82) is 5.26 Å². The summed E-state index contributed by atoms with van der Waals surface area (Å²) in [5, 5.41) is 20.6. The fraction of sp³-hybridized carbons (Fsp3) is 0.750. The van der Waals surface area contributed by atoms with Gasteiger partial charge in [-0.25, -0.2) is 4.79 Å². The van der Waals surface area contributed by atoms with Gasteiger partial charge in [0.15, 0.2) is 0 Å². The Hall–Kier alpha value is -1.57. The van der Waals surface area contributed by atoms with E-state index in [1.54, 1.807) is 0 Å². The van der Waals surface area contributed by atoms with Gasteiger partial charge in [0.25, 0.3) is 0 Å². The topological polar surface area (TPSA) is 90.2 Å². The first kappa shape index (κ1) is 13.5. The highest BCUT2D eigenvalue weighted by Crippen LogP contribution is 2.37. The van der Waals surface area contributed by atoms with E-state index in [9.17, 15) is 9.59 Å². The molecule has 5 heteroatoms. The molecule has 0 saturated heterocycles. The zero-order chi connectivity index (χ0) is 12.9. The molecule has 5 nitrogen and oxygen atoms in total. The molecule has 1 atom stereocenters. The molecule has 94 valence electrons. The molecular formula is C12H18N2O3. The number of aliphatic carboxylic acids is 1. The molecule has 0 radical (unpaired) electrons. The highest BCUT2D eigenvalue weighted by atomic mass is 16.4. The Morgan fingerprint density at radius 2 is 2.06 bits per heavy atom. The molecule has 0 aromatic carbocycles. The average molecular weight is 238 g/mol. The van der Waals surface area contributed by atoms with Gasteiger partial charge in [-0.15, -0.1) is 0 Å². The standard InChI is InChI=1S/C12H18N2O3/c1-2-5-9(10(15)16)14-11(17)12(8-13)6-3-4-7-12/h9H,2-7H2,1H3,(H,14,17)(H,15,16).